The van der Waals surface area contributed by atoms with Crippen LogP contribution < -0.4 is 4.74 Å². The van der Waals surface area contributed by atoms with Gasteiger partial charge in [0, 0.05) is 12.0 Å². The predicted molar refractivity (Wildman–Crippen MR) is 122 cm³/mol. The molecule has 1 unspecified atom stereocenters. The lowest BCUT2D eigenvalue weighted by molar-refractivity contribution is 0.0746. The normalized spacial score (nSPS) is 13.0. The van der Waals surface area contributed by atoms with E-state index in [0.29, 0.717) is 19.8 Å². The second-order valence-electron chi connectivity index (χ2n) is 7.80. The summed E-state index contributed by atoms with van der Waals surface area (Å²) in [6.45, 7) is 9.12. The molecule has 0 saturated carbocycles. The third kappa shape index (κ3) is 6.19. The van der Waals surface area contributed by atoms with Crippen molar-refractivity contribution in [3.63, 3.8) is 0 Å². The Labute approximate surface area is 180 Å². The van der Waals surface area contributed by atoms with Crippen molar-refractivity contribution in [3.05, 3.63) is 95.6 Å². The Hall–Kier alpha value is -2.62. The van der Waals surface area contributed by atoms with Gasteiger partial charge in [-0.2, -0.15) is 0 Å². The van der Waals surface area contributed by atoms with Gasteiger partial charge in [-0.15, -0.1) is 0 Å². The molecule has 0 aliphatic rings. The molecule has 1 atom stereocenters. The molecule has 0 bridgehead atoms. The molecule has 0 amide bonds. The van der Waals surface area contributed by atoms with Crippen LogP contribution in [0.4, 0.5) is 0 Å². The molecule has 3 aromatic carbocycles. The Morgan fingerprint density at radius 1 is 0.700 bits per heavy atom. The van der Waals surface area contributed by atoms with E-state index in [1.807, 2.05) is 55.5 Å². The van der Waals surface area contributed by atoms with Crippen molar-refractivity contribution in [2.45, 2.75) is 45.8 Å². The summed E-state index contributed by atoms with van der Waals surface area (Å²) in [6, 6.07) is 26.6. The SMILES string of the molecule is CCOCc1ccc(C(C)(CC)COCc2cccc(Oc3ccccc3)c2)cc1. The zero-order chi connectivity index (χ0) is 21.2. The number of para-hydroxylation sites is 1. The van der Waals surface area contributed by atoms with Gasteiger partial charge in [0.15, 0.2) is 0 Å². The summed E-state index contributed by atoms with van der Waals surface area (Å²) in [5.74, 6) is 1.66. The Bertz CT molecular complexity index is 889. The van der Waals surface area contributed by atoms with E-state index in [9.17, 15) is 0 Å². The molecule has 0 radical (unpaired) electrons. The molecule has 0 aliphatic carbocycles. The van der Waals surface area contributed by atoms with Crippen molar-refractivity contribution in [3.8, 4) is 11.5 Å². The van der Waals surface area contributed by atoms with Crippen LogP contribution in [0.5, 0.6) is 11.5 Å². The fraction of sp³-hybridized carbons (Fsp3) is 0.333. The summed E-state index contributed by atoms with van der Waals surface area (Å²) < 4.78 is 17.6. The van der Waals surface area contributed by atoms with Crippen LogP contribution in [0.1, 0.15) is 43.9 Å². The minimum atomic E-state index is -0.0255. The first kappa shape index (κ1) is 22.1. The van der Waals surface area contributed by atoms with Crippen molar-refractivity contribution in [1.82, 2.24) is 0 Å². The van der Waals surface area contributed by atoms with E-state index in [-0.39, 0.29) is 5.41 Å². The summed E-state index contributed by atoms with van der Waals surface area (Å²) in [5.41, 5.74) is 3.58. The first-order chi connectivity index (χ1) is 14.6. The lowest BCUT2D eigenvalue weighted by atomic mass is 9.80. The van der Waals surface area contributed by atoms with E-state index in [1.54, 1.807) is 0 Å². The molecule has 0 heterocycles. The van der Waals surface area contributed by atoms with Gasteiger partial charge >= 0.3 is 0 Å². The molecule has 158 valence electrons. The molecular weight excluding hydrogens is 372 g/mol. The summed E-state index contributed by atoms with van der Waals surface area (Å²) >= 11 is 0. The maximum absolute atomic E-state index is 6.15. The van der Waals surface area contributed by atoms with Crippen LogP contribution in [-0.4, -0.2) is 13.2 Å². The van der Waals surface area contributed by atoms with Gasteiger partial charge in [0.2, 0.25) is 0 Å². The van der Waals surface area contributed by atoms with Crippen LogP contribution in [-0.2, 0) is 28.1 Å². The van der Waals surface area contributed by atoms with Gasteiger partial charge in [-0.1, -0.05) is 68.4 Å². The highest BCUT2D eigenvalue weighted by Gasteiger charge is 2.25. The van der Waals surface area contributed by atoms with Gasteiger partial charge in [-0.05, 0) is 54.3 Å². The minimum absolute atomic E-state index is 0.0255. The first-order valence-electron chi connectivity index (χ1n) is 10.7. The predicted octanol–water partition coefficient (Wildman–Crippen LogP) is 6.90. The van der Waals surface area contributed by atoms with Crippen LogP contribution in [0.2, 0.25) is 0 Å². The summed E-state index contributed by atoms with van der Waals surface area (Å²) in [4.78, 5) is 0. The van der Waals surface area contributed by atoms with E-state index in [2.05, 4.69) is 44.2 Å². The van der Waals surface area contributed by atoms with Gasteiger partial charge in [0.05, 0.1) is 19.8 Å². The number of hydrogen-bond acceptors (Lipinski definition) is 3. The highest BCUT2D eigenvalue weighted by atomic mass is 16.5. The van der Waals surface area contributed by atoms with Crippen molar-refractivity contribution in [1.29, 1.82) is 0 Å². The maximum Gasteiger partial charge on any atom is 0.127 e. The van der Waals surface area contributed by atoms with Gasteiger partial charge in [-0.3, -0.25) is 0 Å². The molecule has 3 rings (SSSR count). The molecule has 3 nitrogen and oxygen atoms in total. The number of benzene rings is 3. The van der Waals surface area contributed by atoms with E-state index < -0.39 is 0 Å². The third-order valence-electron chi connectivity index (χ3n) is 5.47. The standard InChI is InChI=1S/C27H32O3/c1-4-27(3,24-16-14-22(15-17-24)19-28-5-2)21-29-20-23-10-9-13-26(18-23)30-25-11-7-6-8-12-25/h6-18H,4-5,19-21H2,1-3H3. The second kappa shape index (κ2) is 11.0. The van der Waals surface area contributed by atoms with Crippen LogP contribution in [0.15, 0.2) is 78.9 Å². The fourth-order valence-corrected chi connectivity index (χ4v) is 3.33. The molecule has 0 fully saturated rings. The minimum Gasteiger partial charge on any atom is -0.457 e. The average Bonchev–Trinajstić information content (AvgIpc) is 2.79. The molecule has 0 N–H and O–H groups in total. The van der Waals surface area contributed by atoms with Gasteiger partial charge in [-0.25, -0.2) is 0 Å². The van der Waals surface area contributed by atoms with Gasteiger partial charge in [0.1, 0.15) is 11.5 Å². The Morgan fingerprint density at radius 3 is 2.10 bits per heavy atom. The average molecular weight is 405 g/mol. The van der Waals surface area contributed by atoms with E-state index >= 15 is 0 Å². The van der Waals surface area contributed by atoms with Crippen molar-refractivity contribution in [2.24, 2.45) is 0 Å². The number of hydrogen-bond donors (Lipinski definition) is 0. The Balaban J connectivity index is 1.58. The zero-order valence-electron chi connectivity index (χ0n) is 18.3. The van der Waals surface area contributed by atoms with Crippen LogP contribution in [0.25, 0.3) is 0 Å². The first-order valence-corrected chi connectivity index (χ1v) is 10.7. The molecule has 3 heteroatoms. The summed E-state index contributed by atoms with van der Waals surface area (Å²) in [7, 11) is 0. The molecule has 30 heavy (non-hydrogen) atoms. The van der Waals surface area contributed by atoms with Gasteiger partial charge in [0.25, 0.3) is 0 Å². The Kier molecular flexibility index (Phi) is 8.06. The molecule has 0 saturated heterocycles. The fourth-order valence-electron chi connectivity index (χ4n) is 3.33. The molecular formula is C27H32O3. The van der Waals surface area contributed by atoms with E-state index in [0.717, 1.165) is 30.1 Å². The molecule has 0 aromatic heterocycles. The largest absolute Gasteiger partial charge is 0.457 e. The van der Waals surface area contributed by atoms with Crippen LogP contribution >= 0.6 is 0 Å². The van der Waals surface area contributed by atoms with Crippen molar-refractivity contribution in [2.75, 3.05) is 13.2 Å². The van der Waals surface area contributed by atoms with E-state index in [1.165, 1.54) is 11.1 Å². The van der Waals surface area contributed by atoms with Gasteiger partial charge < -0.3 is 14.2 Å². The monoisotopic (exact) mass is 404 g/mol. The van der Waals surface area contributed by atoms with Crippen molar-refractivity contribution >= 4 is 0 Å². The molecule has 0 spiro atoms. The second-order valence-corrected chi connectivity index (χ2v) is 7.80. The van der Waals surface area contributed by atoms with Crippen LogP contribution in [0, 0.1) is 0 Å². The number of rotatable bonds is 11. The highest BCUT2D eigenvalue weighted by molar-refractivity contribution is 5.34. The van der Waals surface area contributed by atoms with Crippen molar-refractivity contribution < 1.29 is 14.2 Å². The molecule has 0 aliphatic heterocycles. The maximum atomic E-state index is 6.15. The topological polar surface area (TPSA) is 27.7 Å². The lowest BCUT2D eigenvalue weighted by Crippen LogP contribution is -2.27. The quantitative estimate of drug-likeness (QED) is 0.348. The lowest BCUT2D eigenvalue weighted by Gasteiger charge is -2.29. The number of ether oxygens (including phenoxy) is 3. The molecule has 3 aromatic rings. The van der Waals surface area contributed by atoms with E-state index in [4.69, 9.17) is 14.2 Å². The Morgan fingerprint density at radius 2 is 1.40 bits per heavy atom. The van der Waals surface area contributed by atoms with Crippen LogP contribution in [0.3, 0.4) is 0 Å². The third-order valence-corrected chi connectivity index (χ3v) is 5.47. The zero-order valence-corrected chi connectivity index (χ0v) is 18.3. The summed E-state index contributed by atoms with van der Waals surface area (Å²) in [5, 5.41) is 0. The summed E-state index contributed by atoms with van der Waals surface area (Å²) in [6.07, 6.45) is 1.01. The highest BCUT2D eigenvalue weighted by Crippen LogP contribution is 2.29. The smallest absolute Gasteiger partial charge is 0.127 e.